The largest absolute Gasteiger partial charge is 0.488 e. The lowest BCUT2D eigenvalue weighted by Crippen LogP contribution is -2.45. The van der Waals surface area contributed by atoms with Gasteiger partial charge in [0.1, 0.15) is 35.2 Å². The van der Waals surface area contributed by atoms with Gasteiger partial charge in [-0.2, -0.15) is 0 Å². The lowest BCUT2D eigenvalue weighted by molar-refractivity contribution is -0.161. The maximum atomic E-state index is 13.9. The van der Waals surface area contributed by atoms with E-state index in [0.29, 0.717) is 5.75 Å². The standard InChI is InChI=1S/C41H51NO8/c1-39(2,3)48-28-20-18-26(19-21-28)22-27(37(45)50-41(7,8)9)23-35(43)34(24-36(44)49-40(4,5)6)42-38(46)47-25-33-31-16-12-10-14-29(31)30-15-11-13-17-32(30)33/h10-21,27,33-34H,22-25H2,1-9H3,(H,42,46)/t27-,34+/m1/s1. The molecule has 0 aliphatic heterocycles. The highest BCUT2D eigenvalue weighted by Crippen LogP contribution is 2.44. The van der Waals surface area contributed by atoms with Gasteiger partial charge in [-0.25, -0.2) is 4.79 Å². The summed E-state index contributed by atoms with van der Waals surface area (Å²) in [5.41, 5.74) is 3.06. The highest BCUT2D eigenvalue weighted by Gasteiger charge is 2.34. The van der Waals surface area contributed by atoms with Crippen LogP contribution in [-0.4, -0.2) is 53.3 Å². The van der Waals surface area contributed by atoms with Gasteiger partial charge in [-0.1, -0.05) is 60.7 Å². The first-order chi connectivity index (χ1) is 23.3. The highest BCUT2D eigenvalue weighted by atomic mass is 16.6. The van der Waals surface area contributed by atoms with Crippen LogP contribution in [0.1, 0.15) is 97.8 Å². The van der Waals surface area contributed by atoms with E-state index < -0.39 is 53.4 Å². The molecule has 0 aromatic heterocycles. The van der Waals surface area contributed by atoms with Crippen molar-refractivity contribution in [3.63, 3.8) is 0 Å². The topological polar surface area (TPSA) is 117 Å². The number of hydrogen-bond donors (Lipinski definition) is 1. The minimum atomic E-state index is -1.30. The molecule has 9 heteroatoms. The Kier molecular flexibility index (Phi) is 11.8. The molecule has 0 saturated carbocycles. The van der Waals surface area contributed by atoms with Gasteiger partial charge < -0.3 is 24.3 Å². The number of fused-ring (bicyclic) bond motifs is 3. The van der Waals surface area contributed by atoms with Crippen molar-refractivity contribution in [3.05, 3.63) is 89.5 Å². The van der Waals surface area contributed by atoms with E-state index in [1.807, 2.05) is 93.6 Å². The molecule has 4 rings (SSSR count). The van der Waals surface area contributed by atoms with Gasteiger partial charge in [0, 0.05) is 12.3 Å². The number of benzene rings is 3. The Morgan fingerprint density at radius 3 is 1.74 bits per heavy atom. The molecule has 2 atom stereocenters. The molecule has 0 fully saturated rings. The summed E-state index contributed by atoms with van der Waals surface area (Å²) >= 11 is 0. The maximum absolute atomic E-state index is 13.9. The summed E-state index contributed by atoms with van der Waals surface area (Å²) in [6.45, 7) is 16.3. The molecule has 0 radical (unpaired) electrons. The molecule has 0 unspecified atom stereocenters. The van der Waals surface area contributed by atoms with Gasteiger partial charge in [-0.3, -0.25) is 14.4 Å². The fraction of sp³-hybridized carbons (Fsp3) is 0.463. The number of ether oxygens (including phenoxy) is 4. The van der Waals surface area contributed by atoms with Crippen LogP contribution in [0.4, 0.5) is 4.79 Å². The lowest BCUT2D eigenvalue weighted by atomic mass is 9.91. The van der Waals surface area contributed by atoms with Crippen LogP contribution < -0.4 is 10.1 Å². The molecule has 1 amide bonds. The van der Waals surface area contributed by atoms with Crippen LogP contribution in [0.15, 0.2) is 72.8 Å². The van der Waals surface area contributed by atoms with Crippen LogP contribution in [-0.2, 0) is 35.0 Å². The second kappa shape index (κ2) is 15.5. The first-order valence-electron chi connectivity index (χ1n) is 17.1. The Morgan fingerprint density at radius 1 is 0.680 bits per heavy atom. The van der Waals surface area contributed by atoms with Gasteiger partial charge in [0.2, 0.25) is 0 Å². The Balaban J connectivity index is 1.52. The number of esters is 2. The number of alkyl carbamates (subject to hydrolysis) is 1. The van der Waals surface area contributed by atoms with Crippen molar-refractivity contribution in [1.29, 1.82) is 0 Å². The van der Waals surface area contributed by atoms with Crippen molar-refractivity contribution in [2.45, 2.75) is 110 Å². The smallest absolute Gasteiger partial charge is 0.407 e. The SMILES string of the molecule is CC(C)(C)OC(=O)C[C@H](NC(=O)OCC1c2ccccc2-c2ccccc21)C(=O)C[C@@H](Cc1ccc(OC(C)(C)C)cc1)C(=O)OC(C)(C)C. The van der Waals surface area contributed by atoms with E-state index in [-0.39, 0.29) is 31.0 Å². The zero-order valence-corrected chi connectivity index (χ0v) is 30.8. The van der Waals surface area contributed by atoms with Crippen molar-refractivity contribution in [3.8, 4) is 16.9 Å². The predicted molar refractivity (Wildman–Crippen MR) is 192 cm³/mol. The van der Waals surface area contributed by atoms with Crippen molar-refractivity contribution in [2.75, 3.05) is 6.61 Å². The fourth-order valence-electron chi connectivity index (χ4n) is 5.92. The molecule has 50 heavy (non-hydrogen) atoms. The molecule has 0 heterocycles. The lowest BCUT2D eigenvalue weighted by Gasteiger charge is -2.26. The Labute approximate surface area is 296 Å². The first kappa shape index (κ1) is 38.1. The maximum Gasteiger partial charge on any atom is 0.407 e. The monoisotopic (exact) mass is 685 g/mol. The van der Waals surface area contributed by atoms with Crippen LogP contribution in [0.25, 0.3) is 11.1 Å². The highest BCUT2D eigenvalue weighted by molar-refractivity contribution is 5.93. The molecule has 3 aromatic rings. The molecule has 0 spiro atoms. The number of carbonyl (C=O) groups excluding carboxylic acids is 4. The fourth-order valence-corrected chi connectivity index (χ4v) is 5.92. The minimum absolute atomic E-state index is 0.0304. The second-order valence-electron chi connectivity index (χ2n) is 15.8. The molecule has 0 bridgehead atoms. The summed E-state index contributed by atoms with van der Waals surface area (Å²) in [5.74, 6) is -2.15. The first-order valence-corrected chi connectivity index (χ1v) is 17.1. The molecule has 3 aromatic carbocycles. The summed E-state index contributed by atoms with van der Waals surface area (Å²) in [4.78, 5) is 53.6. The Hall–Kier alpha value is -4.66. The summed E-state index contributed by atoms with van der Waals surface area (Å²) < 4.78 is 22.8. The van der Waals surface area contributed by atoms with E-state index in [2.05, 4.69) is 5.32 Å². The number of Topliss-reactive ketones (excluding diaryl/α,β-unsaturated/α-hetero) is 1. The third-order valence-corrected chi connectivity index (χ3v) is 7.83. The van der Waals surface area contributed by atoms with E-state index in [9.17, 15) is 19.2 Å². The second-order valence-corrected chi connectivity index (χ2v) is 15.8. The van der Waals surface area contributed by atoms with E-state index >= 15 is 0 Å². The van der Waals surface area contributed by atoms with E-state index in [1.54, 1.807) is 41.5 Å². The molecule has 9 nitrogen and oxygen atoms in total. The van der Waals surface area contributed by atoms with Crippen molar-refractivity contribution < 1.29 is 38.1 Å². The van der Waals surface area contributed by atoms with E-state index in [4.69, 9.17) is 18.9 Å². The summed E-state index contributed by atoms with van der Waals surface area (Å²) in [6, 6.07) is 22.0. The van der Waals surface area contributed by atoms with Gasteiger partial charge in [0.25, 0.3) is 0 Å². The van der Waals surface area contributed by atoms with Gasteiger partial charge in [-0.05, 0) is 109 Å². The average Bonchev–Trinajstić information content (AvgIpc) is 3.31. The normalized spacial score (nSPS) is 14.1. The number of rotatable bonds is 12. The van der Waals surface area contributed by atoms with Gasteiger partial charge in [0.15, 0.2) is 5.78 Å². The number of ketones is 1. The predicted octanol–water partition coefficient (Wildman–Crippen LogP) is 7.96. The van der Waals surface area contributed by atoms with E-state index in [1.165, 1.54) is 0 Å². The molecule has 1 N–H and O–H groups in total. The number of nitrogens with one attached hydrogen (secondary N) is 1. The summed E-state index contributed by atoms with van der Waals surface area (Å²) in [7, 11) is 0. The third-order valence-electron chi connectivity index (χ3n) is 7.83. The zero-order chi connectivity index (χ0) is 36.9. The van der Waals surface area contributed by atoms with Crippen LogP contribution in [0.3, 0.4) is 0 Å². The molecule has 0 saturated heterocycles. The van der Waals surface area contributed by atoms with Gasteiger partial charge in [-0.15, -0.1) is 0 Å². The third kappa shape index (κ3) is 11.2. The Bertz CT molecular complexity index is 1630. The molecular formula is C41H51NO8. The molecule has 1 aliphatic rings. The van der Waals surface area contributed by atoms with Crippen LogP contribution in [0.2, 0.25) is 0 Å². The summed E-state index contributed by atoms with van der Waals surface area (Å²) in [6.07, 6.45) is -1.37. The van der Waals surface area contributed by atoms with Crippen LogP contribution in [0.5, 0.6) is 5.75 Å². The Morgan fingerprint density at radius 2 is 1.22 bits per heavy atom. The van der Waals surface area contributed by atoms with Crippen molar-refractivity contribution in [2.24, 2.45) is 5.92 Å². The number of amides is 1. The number of carbonyl (C=O) groups is 4. The van der Waals surface area contributed by atoms with Gasteiger partial charge in [0.05, 0.1) is 12.3 Å². The van der Waals surface area contributed by atoms with E-state index in [0.717, 1.165) is 27.8 Å². The van der Waals surface area contributed by atoms with Crippen molar-refractivity contribution in [1.82, 2.24) is 5.32 Å². The minimum Gasteiger partial charge on any atom is -0.488 e. The quantitative estimate of drug-likeness (QED) is 0.151. The number of hydrogen-bond acceptors (Lipinski definition) is 8. The van der Waals surface area contributed by atoms with Crippen molar-refractivity contribution >= 4 is 23.8 Å². The van der Waals surface area contributed by atoms with Crippen LogP contribution in [0, 0.1) is 5.92 Å². The summed E-state index contributed by atoms with van der Waals surface area (Å²) in [5, 5.41) is 2.61. The van der Waals surface area contributed by atoms with Gasteiger partial charge >= 0.3 is 18.0 Å². The molecule has 268 valence electrons. The average molecular weight is 686 g/mol. The van der Waals surface area contributed by atoms with Crippen LogP contribution >= 0.6 is 0 Å². The zero-order valence-electron chi connectivity index (χ0n) is 30.8. The molecular weight excluding hydrogens is 634 g/mol. The molecule has 1 aliphatic carbocycles.